The normalized spacial score (nSPS) is 11.2. The van der Waals surface area contributed by atoms with Crippen LogP contribution in [0.25, 0.3) is 0 Å². The van der Waals surface area contributed by atoms with Crippen molar-refractivity contribution >= 4 is 16.1 Å². The van der Waals surface area contributed by atoms with E-state index in [0.717, 1.165) is 12.3 Å². The second kappa shape index (κ2) is 21.3. The molecular weight excluding hydrogens is 426 g/mol. The molecule has 0 fully saturated rings. The van der Waals surface area contributed by atoms with Gasteiger partial charge in [-0.1, -0.05) is 76.9 Å². The van der Waals surface area contributed by atoms with Gasteiger partial charge in [0.2, 0.25) is 0 Å². The van der Waals surface area contributed by atoms with Gasteiger partial charge in [0, 0.05) is 12.2 Å². The highest BCUT2D eigenvalue weighted by atomic mass is 32.3. The lowest BCUT2D eigenvalue weighted by Gasteiger charge is -2.07. The number of hydrogen-bond donors (Lipinski definition) is 3. The first-order valence-corrected chi connectivity index (χ1v) is 13.5. The largest absolute Gasteiger partial charge is 0.497 e. The summed E-state index contributed by atoms with van der Waals surface area (Å²) in [5.41, 5.74) is 1.18. The number of rotatable bonds is 18. The van der Waals surface area contributed by atoms with Gasteiger partial charge in [-0.25, -0.2) is 0 Å². The molecule has 186 valence electrons. The Labute approximate surface area is 196 Å². The lowest BCUT2D eigenvalue weighted by Crippen LogP contribution is -2.01. The minimum Gasteiger partial charge on any atom is -0.497 e. The molecule has 0 saturated carbocycles. The molecule has 1 rings (SSSR count). The fourth-order valence-electron chi connectivity index (χ4n) is 3.31. The van der Waals surface area contributed by atoms with Crippen LogP contribution >= 0.6 is 0 Å². The van der Waals surface area contributed by atoms with Crippen LogP contribution in [-0.2, 0) is 10.4 Å². The topological polar surface area (TPSA) is 95.9 Å². The van der Waals surface area contributed by atoms with Crippen LogP contribution in [0, 0.1) is 0 Å². The van der Waals surface area contributed by atoms with Crippen LogP contribution in [-0.4, -0.2) is 31.2 Å². The number of nitrogens with one attached hydrogen (secondary N) is 1. The van der Waals surface area contributed by atoms with Crippen LogP contribution in [0.1, 0.15) is 96.8 Å². The average Bonchev–Trinajstić information content (AvgIpc) is 2.75. The summed E-state index contributed by atoms with van der Waals surface area (Å²) in [6.07, 6.45) is 23.9. The Morgan fingerprint density at radius 2 is 1.22 bits per heavy atom. The first-order valence-electron chi connectivity index (χ1n) is 12.1. The average molecular weight is 472 g/mol. The number of allylic oxidation sites excluding steroid dienone is 2. The van der Waals surface area contributed by atoms with Crippen LogP contribution in [0.15, 0.2) is 36.4 Å². The maximum atomic E-state index is 8.74. The van der Waals surface area contributed by atoms with Crippen molar-refractivity contribution in [3.05, 3.63) is 36.4 Å². The molecule has 0 atom stereocenters. The van der Waals surface area contributed by atoms with E-state index in [1.807, 2.05) is 12.1 Å². The number of benzene rings is 1. The molecule has 0 aliphatic rings. The summed E-state index contributed by atoms with van der Waals surface area (Å²) in [7, 11) is -2.96. The molecule has 0 aliphatic carbocycles. The van der Waals surface area contributed by atoms with E-state index >= 15 is 0 Å². The Morgan fingerprint density at radius 3 is 1.69 bits per heavy atom. The van der Waals surface area contributed by atoms with Crippen molar-refractivity contribution in [2.45, 2.75) is 96.8 Å². The Morgan fingerprint density at radius 1 is 0.781 bits per heavy atom. The van der Waals surface area contributed by atoms with Crippen molar-refractivity contribution in [3.63, 3.8) is 0 Å². The van der Waals surface area contributed by atoms with Gasteiger partial charge in [0.05, 0.1) is 7.11 Å². The molecule has 0 aromatic heterocycles. The van der Waals surface area contributed by atoms with Crippen molar-refractivity contribution in [2.75, 3.05) is 19.0 Å². The predicted molar refractivity (Wildman–Crippen MR) is 135 cm³/mol. The standard InChI is InChI=1S/C25H43NO.H2O4S/c1-3-4-5-6-7-8-9-10-11-12-13-14-15-16-17-18-23-26-24-19-21-25(27-2)22-20-24;1-5(2,3)4/h10-11,19-22,26H,3-9,12-18,23H2,1-2H3;(H2,1,2,3,4)/b11-10-;. The first-order chi connectivity index (χ1) is 15.4. The van der Waals surface area contributed by atoms with E-state index in [2.05, 4.69) is 36.5 Å². The van der Waals surface area contributed by atoms with Gasteiger partial charge in [-0.3, -0.25) is 9.11 Å². The third-order valence-electron chi connectivity index (χ3n) is 5.11. The van der Waals surface area contributed by atoms with Gasteiger partial charge in [0.25, 0.3) is 0 Å². The monoisotopic (exact) mass is 471 g/mol. The van der Waals surface area contributed by atoms with Crippen LogP contribution in [0.5, 0.6) is 5.75 Å². The molecule has 1 aromatic rings. The summed E-state index contributed by atoms with van der Waals surface area (Å²) in [4.78, 5) is 0. The SMILES string of the molecule is CCCCCCCC/C=C\CCCCCCCCNc1ccc(OC)cc1.O=S(=O)(O)O. The van der Waals surface area contributed by atoms with E-state index in [1.165, 1.54) is 95.6 Å². The molecule has 6 nitrogen and oxygen atoms in total. The van der Waals surface area contributed by atoms with Crippen LogP contribution in [0.3, 0.4) is 0 Å². The van der Waals surface area contributed by atoms with Crippen molar-refractivity contribution < 1.29 is 22.3 Å². The number of unbranched alkanes of at least 4 members (excludes halogenated alkanes) is 12. The lowest BCUT2D eigenvalue weighted by molar-refractivity contribution is 0.381. The van der Waals surface area contributed by atoms with Gasteiger partial charge >= 0.3 is 10.4 Å². The van der Waals surface area contributed by atoms with Gasteiger partial charge in [0.1, 0.15) is 5.75 Å². The molecule has 0 heterocycles. The number of anilines is 1. The zero-order valence-corrected chi connectivity index (χ0v) is 20.9. The van der Waals surface area contributed by atoms with Crippen LogP contribution in [0.2, 0.25) is 0 Å². The fraction of sp³-hybridized carbons (Fsp3) is 0.680. The highest BCUT2D eigenvalue weighted by molar-refractivity contribution is 7.79. The number of ether oxygens (including phenoxy) is 1. The summed E-state index contributed by atoms with van der Waals surface area (Å²) in [5.74, 6) is 0.915. The maximum Gasteiger partial charge on any atom is 0.394 e. The van der Waals surface area contributed by atoms with Gasteiger partial charge in [-0.2, -0.15) is 8.42 Å². The molecule has 0 amide bonds. The number of hydrogen-bond acceptors (Lipinski definition) is 4. The van der Waals surface area contributed by atoms with Crippen molar-refractivity contribution in [3.8, 4) is 5.75 Å². The smallest absolute Gasteiger partial charge is 0.394 e. The maximum absolute atomic E-state index is 8.74. The second-order valence-corrected chi connectivity index (χ2v) is 8.94. The van der Waals surface area contributed by atoms with E-state index in [4.69, 9.17) is 22.3 Å². The molecule has 7 heteroatoms. The summed E-state index contributed by atoms with van der Waals surface area (Å²) in [5, 5.41) is 3.48. The molecular formula is C25H45NO5S. The highest BCUT2D eigenvalue weighted by Crippen LogP contribution is 2.15. The van der Waals surface area contributed by atoms with Crippen LogP contribution in [0.4, 0.5) is 5.69 Å². The quantitative estimate of drug-likeness (QED) is 0.117. The molecule has 0 radical (unpaired) electrons. The van der Waals surface area contributed by atoms with Crippen molar-refractivity contribution in [2.24, 2.45) is 0 Å². The van der Waals surface area contributed by atoms with Crippen molar-refractivity contribution in [1.29, 1.82) is 0 Å². The Hall–Kier alpha value is -1.57. The Balaban J connectivity index is 0.00000172. The highest BCUT2D eigenvalue weighted by Gasteiger charge is 1.95. The van der Waals surface area contributed by atoms with Gasteiger partial charge < -0.3 is 10.1 Å². The minimum absolute atomic E-state index is 0.915. The van der Waals surface area contributed by atoms with Crippen LogP contribution < -0.4 is 10.1 Å². The van der Waals surface area contributed by atoms with E-state index in [1.54, 1.807) is 7.11 Å². The van der Waals surface area contributed by atoms with E-state index < -0.39 is 10.4 Å². The molecule has 1 aromatic carbocycles. The summed E-state index contributed by atoms with van der Waals surface area (Å²) in [6, 6.07) is 8.17. The van der Waals surface area contributed by atoms with Gasteiger partial charge in [-0.15, -0.1) is 0 Å². The zero-order chi connectivity index (χ0) is 23.9. The van der Waals surface area contributed by atoms with Gasteiger partial charge in [-0.05, 0) is 56.4 Å². The van der Waals surface area contributed by atoms with Crippen molar-refractivity contribution in [1.82, 2.24) is 0 Å². The third kappa shape index (κ3) is 24.7. The molecule has 32 heavy (non-hydrogen) atoms. The summed E-state index contributed by atoms with van der Waals surface area (Å²) >= 11 is 0. The Kier molecular flexibility index (Phi) is 20.2. The van der Waals surface area contributed by atoms with Gasteiger partial charge in [0.15, 0.2) is 0 Å². The van der Waals surface area contributed by atoms with E-state index in [9.17, 15) is 0 Å². The molecule has 3 N–H and O–H groups in total. The Bertz CT molecular complexity index is 651. The third-order valence-corrected chi connectivity index (χ3v) is 5.11. The zero-order valence-electron chi connectivity index (χ0n) is 20.1. The molecule has 0 spiro atoms. The number of methoxy groups -OCH3 is 1. The molecule has 0 aliphatic heterocycles. The second-order valence-electron chi connectivity index (χ2n) is 8.04. The molecule has 0 saturated heterocycles. The van der Waals surface area contributed by atoms with E-state index in [-0.39, 0.29) is 0 Å². The molecule has 0 bridgehead atoms. The predicted octanol–water partition coefficient (Wildman–Crippen LogP) is 7.49. The molecule has 0 unspecified atom stereocenters. The van der Waals surface area contributed by atoms with E-state index in [0.29, 0.717) is 0 Å². The lowest BCUT2D eigenvalue weighted by atomic mass is 10.1. The summed E-state index contributed by atoms with van der Waals surface area (Å²) in [6.45, 7) is 3.34. The summed E-state index contributed by atoms with van der Waals surface area (Å²) < 4.78 is 36.8. The first kappa shape index (κ1) is 30.4. The minimum atomic E-state index is -4.67. The fourth-order valence-corrected chi connectivity index (χ4v) is 3.31.